The molecule has 1 amide bonds. The van der Waals surface area contributed by atoms with Gasteiger partial charge in [-0.05, 0) is 36.4 Å². The van der Waals surface area contributed by atoms with Crippen molar-refractivity contribution in [3.63, 3.8) is 0 Å². The second-order valence-corrected chi connectivity index (χ2v) is 6.13. The summed E-state index contributed by atoms with van der Waals surface area (Å²) in [4.78, 5) is 18.9. The maximum Gasteiger partial charge on any atom is 0.227 e. The van der Waals surface area contributed by atoms with Crippen molar-refractivity contribution in [1.82, 2.24) is 9.55 Å². The van der Waals surface area contributed by atoms with Crippen molar-refractivity contribution in [3.05, 3.63) is 60.2 Å². The maximum atomic E-state index is 13.1. The molecule has 0 spiro atoms. The molecule has 1 unspecified atom stereocenters. The highest BCUT2D eigenvalue weighted by Crippen LogP contribution is 2.33. The molecule has 3 aromatic rings. The van der Waals surface area contributed by atoms with Crippen LogP contribution < -0.4 is 4.90 Å². The number of halogens is 1. The highest BCUT2D eigenvalue weighted by molar-refractivity contribution is 5.96. The summed E-state index contributed by atoms with van der Waals surface area (Å²) in [5.74, 6) is 3.15. The number of imidazole rings is 1. The zero-order valence-corrected chi connectivity index (χ0v) is 13.5. The van der Waals surface area contributed by atoms with E-state index in [1.54, 1.807) is 17.0 Å². The number of para-hydroxylation sites is 2. The van der Waals surface area contributed by atoms with Gasteiger partial charge in [0, 0.05) is 24.6 Å². The molecule has 0 N–H and O–H groups in total. The van der Waals surface area contributed by atoms with Gasteiger partial charge in [-0.2, -0.15) is 0 Å². The van der Waals surface area contributed by atoms with Crippen LogP contribution in [-0.4, -0.2) is 22.0 Å². The molecule has 1 aromatic heterocycles. The lowest BCUT2D eigenvalue weighted by atomic mass is 10.1. The van der Waals surface area contributed by atoms with Gasteiger partial charge >= 0.3 is 0 Å². The molecular weight excluding hydrogens is 317 g/mol. The molecular formula is C20H16FN3O. The van der Waals surface area contributed by atoms with E-state index in [2.05, 4.69) is 5.92 Å². The van der Waals surface area contributed by atoms with Crippen LogP contribution in [0.2, 0.25) is 0 Å². The van der Waals surface area contributed by atoms with E-state index in [-0.39, 0.29) is 17.6 Å². The fraction of sp³-hybridized carbons (Fsp3) is 0.200. The Morgan fingerprint density at radius 1 is 1.20 bits per heavy atom. The standard InChI is InChI=1S/C20H16FN3O/c1-2-11-23-18-6-4-3-5-17(18)22-20(23)14-12-19(25)24(13-14)16-9-7-15(21)8-10-16/h1,3-10,14H,11-13H2. The molecule has 1 aliphatic heterocycles. The van der Waals surface area contributed by atoms with E-state index in [1.807, 2.05) is 28.8 Å². The van der Waals surface area contributed by atoms with E-state index in [0.717, 1.165) is 16.9 Å². The molecule has 1 atom stereocenters. The fourth-order valence-electron chi connectivity index (χ4n) is 3.41. The lowest BCUT2D eigenvalue weighted by Gasteiger charge is -2.17. The predicted octanol–water partition coefficient (Wildman–Crippen LogP) is 3.33. The molecule has 1 fully saturated rings. The Labute approximate surface area is 144 Å². The summed E-state index contributed by atoms with van der Waals surface area (Å²) in [5.41, 5.74) is 2.55. The van der Waals surface area contributed by atoms with Gasteiger partial charge in [-0.1, -0.05) is 18.1 Å². The molecule has 2 aromatic carbocycles. The first kappa shape index (κ1) is 15.4. The molecule has 4 rings (SSSR count). The van der Waals surface area contributed by atoms with Crippen LogP contribution in [0.5, 0.6) is 0 Å². The number of aromatic nitrogens is 2. The van der Waals surface area contributed by atoms with E-state index in [9.17, 15) is 9.18 Å². The Morgan fingerprint density at radius 3 is 2.72 bits per heavy atom. The molecule has 1 aliphatic rings. The van der Waals surface area contributed by atoms with Gasteiger partial charge in [-0.3, -0.25) is 4.79 Å². The van der Waals surface area contributed by atoms with Crippen molar-refractivity contribution in [3.8, 4) is 12.3 Å². The zero-order chi connectivity index (χ0) is 17.4. The number of hydrogen-bond acceptors (Lipinski definition) is 2. The second kappa shape index (κ2) is 6.06. The summed E-state index contributed by atoms with van der Waals surface area (Å²) < 4.78 is 15.1. The maximum absolute atomic E-state index is 13.1. The minimum Gasteiger partial charge on any atom is -0.316 e. The average Bonchev–Trinajstić information content (AvgIpc) is 3.17. The Balaban J connectivity index is 1.70. The predicted molar refractivity (Wildman–Crippen MR) is 94.7 cm³/mol. The van der Waals surface area contributed by atoms with E-state index < -0.39 is 0 Å². The lowest BCUT2D eigenvalue weighted by molar-refractivity contribution is -0.117. The van der Waals surface area contributed by atoms with Crippen LogP contribution in [-0.2, 0) is 11.3 Å². The van der Waals surface area contributed by atoms with Gasteiger partial charge in [0.1, 0.15) is 11.6 Å². The van der Waals surface area contributed by atoms with Crippen LogP contribution in [0.1, 0.15) is 18.2 Å². The highest BCUT2D eigenvalue weighted by Gasteiger charge is 2.34. The first-order valence-corrected chi connectivity index (χ1v) is 8.12. The third-order valence-corrected chi connectivity index (χ3v) is 4.56. The first-order chi connectivity index (χ1) is 12.2. The molecule has 0 radical (unpaired) electrons. The van der Waals surface area contributed by atoms with E-state index in [0.29, 0.717) is 25.2 Å². The van der Waals surface area contributed by atoms with Crippen molar-refractivity contribution in [2.24, 2.45) is 0 Å². The molecule has 0 bridgehead atoms. The number of nitrogens with zero attached hydrogens (tertiary/aromatic N) is 3. The van der Waals surface area contributed by atoms with Crippen molar-refractivity contribution in [1.29, 1.82) is 0 Å². The molecule has 25 heavy (non-hydrogen) atoms. The van der Waals surface area contributed by atoms with Gasteiger partial charge in [0.2, 0.25) is 5.91 Å². The number of hydrogen-bond donors (Lipinski definition) is 0. The fourth-order valence-corrected chi connectivity index (χ4v) is 3.41. The van der Waals surface area contributed by atoms with Crippen LogP contribution in [0.4, 0.5) is 10.1 Å². The minimum atomic E-state index is -0.317. The van der Waals surface area contributed by atoms with Crippen LogP contribution in [0.3, 0.4) is 0 Å². The molecule has 0 saturated carbocycles. The zero-order valence-electron chi connectivity index (χ0n) is 13.5. The number of carbonyl (C=O) groups excluding carboxylic acids is 1. The molecule has 4 nitrogen and oxygen atoms in total. The summed E-state index contributed by atoms with van der Waals surface area (Å²) in [6.45, 7) is 0.926. The Bertz CT molecular complexity index is 984. The molecule has 1 saturated heterocycles. The highest BCUT2D eigenvalue weighted by atomic mass is 19.1. The number of carbonyl (C=O) groups is 1. The molecule has 124 valence electrons. The lowest BCUT2D eigenvalue weighted by Crippen LogP contribution is -2.24. The van der Waals surface area contributed by atoms with Gasteiger partial charge in [0.25, 0.3) is 0 Å². The van der Waals surface area contributed by atoms with Crippen molar-refractivity contribution in [2.75, 3.05) is 11.4 Å². The van der Waals surface area contributed by atoms with E-state index in [4.69, 9.17) is 11.4 Å². The quantitative estimate of drug-likeness (QED) is 0.690. The number of terminal acetylenes is 1. The second-order valence-electron chi connectivity index (χ2n) is 6.13. The van der Waals surface area contributed by atoms with Crippen LogP contribution in [0.15, 0.2) is 48.5 Å². The van der Waals surface area contributed by atoms with E-state index >= 15 is 0 Å². The Hall–Kier alpha value is -3.13. The van der Waals surface area contributed by atoms with E-state index in [1.165, 1.54) is 12.1 Å². The molecule has 2 heterocycles. The summed E-state index contributed by atoms with van der Waals surface area (Å²) in [5, 5.41) is 0. The van der Waals surface area contributed by atoms with Gasteiger partial charge in [0.05, 0.1) is 17.6 Å². The normalized spacial score (nSPS) is 17.2. The van der Waals surface area contributed by atoms with Gasteiger partial charge < -0.3 is 9.47 Å². The number of fused-ring (bicyclic) bond motifs is 1. The van der Waals surface area contributed by atoms with Gasteiger partial charge in [-0.15, -0.1) is 6.42 Å². The van der Waals surface area contributed by atoms with Crippen molar-refractivity contribution in [2.45, 2.75) is 18.9 Å². The van der Waals surface area contributed by atoms with Crippen LogP contribution in [0.25, 0.3) is 11.0 Å². The smallest absolute Gasteiger partial charge is 0.227 e. The third kappa shape index (κ3) is 2.66. The minimum absolute atomic E-state index is 0.0101. The van der Waals surface area contributed by atoms with Crippen LogP contribution >= 0.6 is 0 Å². The third-order valence-electron chi connectivity index (χ3n) is 4.56. The first-order valence-electron chi connectivity index (χ1n) is 8.12. The monoisotopic (exact) mass is 333 g/mol. The van der Waals surface area contributed by atoms with Crippen molar-refractivity contribution < 1.29 is 9.18 Å². The summed E-state index contributed by atoms with van der Waals surface area (Å²) in [6.07, 6.45) is 5.89. The topological polar surface area (TPSA) is 38.1 Å². The average molecular weight is 333 g/mol. The van der Waals surface area contributed by atoms with Crippen molar-refractivity contribution >= 4 is 22.6 Å². The SMILES string of the molecule is C#CCn1c(C2CC(=O)N(c3ccc(F)cc3)C2)nc2ccccc21. The summed E-state index contributed by atoms with van der Waals surface area (Å²) in [7, 11) is 0. The summed E-state index contributed by atoms with van der Waals surface area (Å²) >= 11 is 0. The number of benzene rings is 2. The largest absolute Gasteiger partial charge is 0.316 e. The number of anilines is 1. The van der Waals surface area contributed by atoms with Gasteiger partial charge in [0.15, 0.2) is 0 Å². The Morgan fingerprint density at radius 2 is 1.96 bits per heavy atom. The van der Waals surface area contributed by atoms with Crippen LogP contribution in [0, 0.1) is 18.2 Å². The summed E-state index contributed by atoms with van der Waals surface area (Å²) in [6, 6.07) is 13.8. The molecule has 5 heteroatoms. The van der Waals surface area contributed by atoms with Gasteiger partial charge in [-0.25, -0.2) is 9.37 Å². The molecule has 0 aliphatic carbocycles. The Kier molecular flexibility index (Phi) is 3.73. The number of amides is 1. The number of rotatable bonds is 3.